The molecule has 0 bridgehead atoms. The highest BCUT2D eigenvalue weighted by atomic mass is 16.5. The van der Waals surface area contributed by atoms with Crippen LogP contribution >= 0.6 is 0 Å². The maximum absolute atomic E-state index is 6.05. The van der Waals surface area contributed by atoms with E-state index in [0.29, 0.717) is 17.9 Å². The van der Waals surface area contributed by atoms with Gasteiger partial charge in [0, 0.05) is 0 Å². The molecule has 104 valence electrons. The molecule has 2 rings (SSSR count). The molecule has 1 aromatic rings. The molecular formula is C18H26O. The van der Waals surface area contributed by atoms with Crippen LogP contribution in [0.3, 0.4) is 0 Å². The van der Waals surface area contributed by atoms with Crippen LogP contribution in [0, 0.1) is 17.8 Å². The zero-order valence-electron chi connectivity index (χ0n) is 12.4. The molecule has 19 heavy (non-hydrogen) atoms. The van der Waals surface area contributed by atoms with Crippen molar-refractivity contribution in [2.75, 3.05) is 0 Å². The van der Waals surface area contributed by atoms with Gasteiger partial charge < -0.3 is 4.74 Å². The average Bonchev–Trinajstić information content (AvgIpc) is 2.39. The summed E-state index contributed by atoms with van der Waals surface area (Å²) in [5.74, 6) is 2.21. The molecule has 1 heteroatoms. The molecule has 3 atom stereocenters. The SMILES string of the molecule is CC(C)[C@@H]1CC[C@@H](C)CC1O/C=C\c1ccccc1. The van der Waals surface area contributed by atoms with Crippen LogP contribution in [-0.2, 0) is 4.74 Å². The number of hydrogen-bond donors (Lipinski definition) is 0. The third-order valence-corrected chi connectivity index (χ3v) is 4.27. The van der Waals surface area contributed by atoms with E-state index in [0.717, 1.165) is 5.92 Å². The van der Waals surface area contributed by atoms with Crippen molar-refractivity contribution in [1.29, 1.82) is 0 Å². The number of ether oxygens (including phenoxy) is 1. The molecular weight excluding hydrogens is 232 g/mol. The van der Waals surface area contributed by atoms with E-state index in [2.05, 4.69) is 51.1 Å². The Morgan fingerprint density at radius 2 is 1.89 bits per heavy atom. The maximum atomic E-state index is 6.05. The minimum absolute atomic E-state index is 0.392. The first-order valence-corrected chi connectivity index (χ1v) is 7.54. The van der Waals surface area contributed by atoms with Gasteiger partial charge in [0.25, 0.3) is 0 Å². The summed E-state index contributed by atoms with van der Waals surface area (Å²) in [7, 11) is 0. The Bertz CT molecular complexity index is 393. The Kier molecular flexibility index (Phi) is 5.07. The van der Waals surface area contributed by atoms with Crippen molar-refractivity contribution >= 4 is 6.08 Å². The van der Waals surface area contributed by atoms with Crippen molar-refractivity contribution in [2.24, 2.45) is 17.8 Å². The van der Waals surface area contributed by atoms with E-state index in [1.165, 1.54) is 24.8 Å². The molecule has 0 aromatic heterocycles. The highest BCUT2D eigenvalue weighted by molar-refractivity contribution is 5.47. The minimum atomic E-state index is 0.392. The van der Waals surface area contributed by atoms with Crippen molar-refractivity contribution in [3.05, 3.63) is 42.2 Å². The molecule has 0 N–H and O–H groups in total. The van der Waals surface area contributed by atoms with Crippen LogP contribution in [-0.4, -0.2) is 6.10 Å². The molecule has 1 saturated carbocycles. The van der Waals surface area contributed by atoms with E-state index in [4.69, 9.17) is 4.74 Å². The normalized spacial score (nSPS) is 27.9. The molecule has 1 unspecified atom stereocenters. The summed E-state index contributed by atoms with van der Waals surface area (Å²) in [6.45, 7) is 6.98. The van der Waals surface area contributed by atoms with Gasteiger partial charge in [0.05, 0.1) is 6.26 Å². The summed E-state index contributed by atoms with van der Waals surface area (Å²) >= 11 is 0. The van der Waals surface area contributed by atoms with Gasteiger partial charge in [-0.1, -0.05) is 57.5 Å². The van der Waals surface area contributed by atoms with Gasteiger partial charge in [0.1, 0.15) is 6.10 Å². The van der Waals surface area contributed by atoms with Gasteiger partial charge in [-0.3, -0.25) is 0 Å². The average molecular weight is 258 g/mol. The lowest BCUT2D eigenvalue weighted by molar-refractivity contribution is 0.0145. The monoisotopic (exact) mass is 258 g/mol. The lowest BCUT2D eigenvalue weighted by atomic mass is 9.75. The summed E-state index contributed by atoms with van der Waals surface area (Å²) in [6, 6.07) is 10.3. The maximum Gasteiger partial charge on any atom is 0.101 e. The van der Waals surface area contributed by atoms with E-state index >= 15 is 0 Å². The summed E-state index contributed by atoms with van der Waals surface area (Å²) in [4.78, 5) is 0. The molecule has 1 fully saturated rings. The van der Waals surface area contributed by atoms with Crippen molar-refractivity contribution in [1.82, 2.24) is 0 Å². The molecule has 0 radical (unpaired) electrons. The molecule has 1 nitrogen and oxygen atoms in total. The Labute approximate surface area is 117 Å². The first-order chi connectivity index (χ1) is 9.16. The second kappa shape index (κ2) is 6.79. The highest BCUT2D eigenvalue weighted by Crippen LogP contribution is 2.35. The predicted octanol–water partition coefficient (Wildman–Crippen LogP) is 5.13. The standard InChI is InChI=1S/C18H26O/c1-14(2)17-10-9-15(3)13-18(17)19-12-11-16-7-5-4-6-8-16/h4-8,11-12,14-15,17-18H,9-10,13H2,1-3H3/b12-11-/t15-,17+,18?/m1/s1. The number of benzene rings is 1. The Morgan fingerprint density at radius 1 is 1.16 bits per heavy atom. The fourth-order valence-corrected chi connectivity index (χ4v) is 3.05. The summed E-state index contributed by atoms with van der Waals surface area (Å²) in [6.07, 6.45) is 8.21. The smallest absolute Gasteiger partial charge is 0.101 e. The van der Waals surface area contributed by atoms with Crippen LogP contribution in [0.2, 0.25) is 0 Å². The predicted molar refractivity (Wildman–Crippen MR) is 81.7 cm³/mol. The van der Waals surface area contributed by atoms with E-state index in [9.17, 15) is 0 Å². The summed E-state index contributed by atoms with van der Waals surface area (Å²) in [5, 5.41) is 0. The van der Waals surface area contributed by atoms with E-state index in [1.807, 2.05) is 12.3 Å². The zero-order chi connectivity index (χ0) is 13.7. The fraction of sp³-hybridized carbons (Fsp3) is 0.556. The summed E-state index contributed by atoms with van der Waals surface area (Å²) in [5.41, 5.74) is 1.20. The second-order valence-electron chi connectivity index (χ2n) is 6.21. The van der Waals surface area contributed by atoms with E-state index < -0.39 is 0 Å². The van der Waals surface area contributed by atoms with Crippen molar-refractivity contribution in [3.63, 3.8) is 0 Å². The van der Waals surface area contributed by atoms with Gasteiger partial charge in [-0.15, -0.1) is 0 Å². The Morgan fingerprint density at radius 3 is 2.58 bits per heavy atom. The van der Waals surface area contributed by atoms with Crippen LogP contribution in [0.1, 0.15) is 45.6 Å². The lowest BCUT2D eigenvalue weighted by Crippen LogP contribution is -2.33. The van der Waals surface area contributed by atoms with Gasteiger partial charge in [0.15, 0.2) is 0 Å². The minimum Gasteiger partial charge on any atom is -0.498 e. The quantitative estimate of drug-likeness (QED) is 0.680. The molecule has 0 aliphatic heterocycles. The third kappa shape index (κ3) is 4.12. The van der Waals surface area contributed by atoms with E-state index in [-0.39, 0.29) is 0 Å². The van der Waals surface area contributed by atoms with Gasteiger partial charge in [0.2, 0.25) is 0 Å². The second-order valence-corrected chi connectivity index (χ2v) is 6.21. The van der Waals surface area contributed by atoms with Gasteiger partial charge in [-0.2, -0.15) is 0 Å². The van der Waals surface area contributed by atoms with Gasteiger partial charge in [-0.05, 0) is 42.2 Å². The molecule has 0 heterocycles. The lowest BCUT2D eigenvalue weighted by Gasteiger charge is -2.36. The van der Waals surface area contributed by atoms with Crippen molar-refractivity contribution in [2.45, 2.75) is 46.1 Å². The molecule has 0 amide bonds. The molecule has 1 aliphatic carbocycles. The molecule has 0 spiro atoms. The van der Waals surface area contributed by atoms with Crippen molar-refractivity contribution < 1.29 is 4.74 Å². The first-order valence-electron chi connectivity index (χ1n) is 7.54. The van der Waals surface area contributed by atoms with Crippen LogP contribution in [0.4, 0.5) is 0 Å². The topological polar surface area (TPSA) is 9.23 Å². The van der Waals surface area contributed by atoms with Crippen LogP contribution in [0.15, 0.2) is 36.6 Å². The van der Waals surface area contributed by atoms with Gasteiger partial charge in [-0.25, -0.2) is 0 Å². The highest BCUT2D eigenvalue weighted by Gasteiger charge is 2.31. The fourth-order valence-electron chi connectivity index (χ4n) is 3.05. The Balaban J connectivity index is 1.94. The van der Waals surface area contributed by atoms with Crippen LogP contribution in [0.25, 0.3) is 6.08 Å². The van der Waals surface area contributed by atoms with Crippen LogP contribution in [0.5, 0.6) is 0 Å². The summed E-state index contributed by atoms with van der Waals surface area (Å²) < 4.78 is 6.05. The zero-order valence-corrected chi connectivity index (χ0v) is 12.4. The molecule has 0 saturated heterocycles. The number of rotatable bonds is 4. The third-order valence-electron chi connectivity index (χ3n) is 4.27. The van der Waals surface area contributed by atoms with Crippen molar-refractivity contribution in [3.8, 4) is 0 Å². The van der Waals surface area contributed by atoms with E-state index in [1.54, 1.807) is 0 Å². The number of hydrogen-bond acceptors (Lipinski definition) is 1. The van der Waals surface area contributed by atoms with Gasteiger partial charge >= 0.3 is 0 Å². The largest absolute Gasteiger partial charge is 0.498 e. The van der Waals surface area contributed by atoms with Crippen LogP contribution < -0.4 is 0 Å². The molecule has 1 aliphatic rings. The first kappa shape index (κ1) is 14.2. The molecule has 1 aromatic carbocycles. The Hall–Kier alpha value is -1.24.